The van der Waals surface area contributed by atoms with E-state index in [9.17, 15) is 14.7 Å². The van der Waals surface area contributed by atoms with E-state index in [4.69, 9.17) is 44.3 Å². The first kappa shape index (κ1) is 35.8. The average molecular weight is 663 g/mol. The van der Waals surface area contributed by atoms with E-state index in [1.165, 1.54) is 16.7 Å². The number of carboxylic acids is 1. The molecular weight excluding hydrogens is 632 g/mol. The number of amides is 1. The second-order valence-corrected chi connectivity index (χ2v) is 11.5. The minimum Gasteiger partial charge on any atom is -0.549 e. The van der Waals surface area contributed by atoms with Crippen LogP contribution in [-0.2, 0) is 11.2 Å². The topological polar surface area (TPSA) is 87.7 Å². The number of rotatable bonds is 7. The van der Waals surface area contributed by atoms with Crippen LogP contribution in [0.4, 0.5) is 0 Å². The van der Waals surface area contributed by atoms with Crippen LogP contribution in [0.3, 0.4) is 0 Å². The largest absolute Gasteiger partial charge is 1.00 e. The number of carbonyl (C=O) groups excluding carboxylic acids is 2. The molecule has 0 radical (unpaired) electrons. The second kappa shape index (κ2) is 16.6. The fourth-order valence-electron chi connectivity index (χ4n) is 4.60. The SMILES string of the molecule is Cc1ccc(C)c(CCNC(=O)c2ccc(Oc3cc4c(cc3Cl)C(C(=O)[O-])CCO4)cc2)c1.Cc1ccc(Cl)c(Cl)c1.[Na+]. The van der Waals surface area contributed by atoms with Crippen LogP contribution in [0, 0.1) is 20.8 Å². The summed E-state index contributed by atoms with van der Waals surface area (Å²) >= 11 is 17.7. The second-order valence-electron chi connectivity index (χ2n) is 10.3. The third kappa shape index (κ3) is 9.64. The maximum Gasteiger partial charge on any atom is 1.00 e. The molecule has 0 aromatic heterocycles. The van der Waals surface area contributed by atoms with Gasteiger partial charge in [-0.05, 0) is 92.8 Å². The van der Waals surface area contributed by atoms with Gasteiger partial charge in [0.05, 0.1) is 21.7 Å². The van der Waals surface area contributed by atoms with Gasteiger partial charge in [0.1, 0.15) is 17.2 Å². The van der Waals surface area contributed by atoms with Crippen LogP contribution in [0.5, 0.6) is 17.2 Å². The predicted octanol–water partition coefficient (Wildman–Crippen LogP) is 4.64. The Morgan fingerprint density at radius 1 is 0.886 bits per heavy atom. The van der Waals surface area contributed by atoms with Gasteiger partial charge in [0.15, 0.2) is 0 Å². The van der Waals surface area contributed by atoms with Crippen molar-refractivity contribution in [2.24, 2.45) is 0 Å². The van der Waals surface area contributed by atoms with E-state index in [2.05, 4.69) is 37.4 Å². The zero-order valence-corrected chi connectivity index (χ0v) is 29.3. The number of benzene rings is 4. The van der Waals surface area contributed by atoms with E-state index in [0.29, 0.717) is 51.4 Å². The molecule has 1 aliphatic rings. The summed E-state index contributed by atoms with van der Waals surface area (Å²) in [7, 11) is 0. The summed E-state index contributed by atoms with van der Waals surface area (Å²) in [6.45, 7) is 6.92. The summed E-state index contributed by atoms with van der Waals surface area (Å²) in [4.78, 5) is 23.9. The molecule has 1 amide bonds. The van der Waals surface area contributed by atoms with Crippen molar-refractivity contribution >= 4 is 46.7 Å². The normalized spacial score (nSPS) is 13.3. The van der Waals surface area contributed by atoms with Crippen molar-refractivity contribution in [2.45, 2.75) is 39.5 Å². The maximum absolute atomic E-state index is 12.5. The minimum atomic E-state index is -1.16. The summed E-state index contributed by atoms with van der Waals surface area (Å²) in [6, 6.07) is 21.7. The molecule has 4 aromatic rings. The number of aryl methyl sites for hydroxylation is 3. The van der Waals surface area contributed by atoms with Gasteiger partial charge in [0, 0.05) is 35.6 Å². The number of fused-ring (bicyclic) bond motifs is 1. The molecule has 1 N–H and O–H groups in total. The molecule has 1 heterocycles. The van der Waals surface area contributed by atoms with Gasteiger partial charge >= 0.3 is 29.6 Å². The first-order chi connectivity index (χ1) is 20.5. The summed E-state index contributed by atoms with van der Waals surface area (Å²) in [5.74, 6) is -0.837. The molecule has 0 saturated carbocycles. The number of halogens is 3. The number of carbonyl (C=O) groups is 2. The van der Waals surface area contributed by atoms with Gasteiger partial charge in [0.2, 0.25) is 0 Å². The van der Waals surface area contributed by atoms with Crippen molar-refractivity contribution in [3.05, 3.63) is 121 Å². The first-order valence-corrected chi connectivity index (χ1v) is 14.9. The van der Waals surface area contributed by atoms with Crippen molar-refractivity contribution in [2.75, 3.05) is 13.2 Å². The molecule has 5 rings (SSSR count). The quantitative estimate of drug-likeness (QED) is 0.292. The first-order valence-electron chi connectivity index (χ1n) is 13.7. The number of ether oxygens (including phenoxy) is 2. The zero-order chi connectivity index (χ0) is 31.1. The van der Waals surface area contributed by atoms with Crippen LogP contribution in [0.25, 0.3) is 0 Å². The van der Waals surface area contributed by atoms with Crippen molar-refractivity contribution in [1.82, 2.24) is 5.32 Å². The molecule has 10 heteroatoms. The van der Waals surface area contributed by atoms with Crippen molar-refractivity contribution in [3.63, 3.8) is 0 Å². The van der Waals surface area contributed by atoms with Crippen LogP contribution >= 0.6 is 34.8 Å². The third-order valence-electron chi connectivity index (χ3n) is 6.99. The monoisotopic (exact) mass is 661 g/mol. The summed E-state index contributed by atoms with van der Waals surface area (Å²) in [5, 5.41) is 15.8. The molecular formula is C34H31Cl3NNaO5. The van der Waals surface area contributed by atoms with Crippen LogP contribution in [0.2, 0.25) is 15.1 Å². The van der Waals surface area contributed by atoms with Gasteiger partial charge in [-0.15, -0.1) is 0 Å². The smallest absolute Gasteiger partial charge is 0.549 e. The Balaban J connectivity index is 0.000000455. The van der Waals surface area contributed by atoms with Crippen LogP contribution in [0.1, 0.15) is 50.5 Å². The van der Waals surface area contributed by atoms with Crippen LogP contribution in [-0.4, -0.2) is 25.0 Å². The Labute approximate surface area is 294 Å². The van der Waals surface area contributed by atoms with E-state index < -0.39 is 11.9 Å². The molecule has 1 atom stereocenters. The number of hydrogen-bond donors (Lipinski definition) is 1. The molecule has 6 nitrogen and oxygen atoms in total. The van der Waals surface area contributed by atoms with Gasteiger partial charge in [-0.3, -0.25) is 4.79 Å². The minimum absolute atomic E-state index is 0. The maximum atomic E-state index is 12.5. The summed E-state index contributed by atoms with van der Waals surface area (Å²) in [6.07, 6.45) is 1.10. The average Bonchev–Trinajstić information content (AvgIpc) is 2.97. The Bertz CT molecular complexity index is 1630. The van der Waals surface area contributed by atoms with Crippen LogP contribution in [0.15, 0.2) is 72.8 Å². The van der Waals surface area contributed by atoms with Gasteiger partial charge in [-0.25, -0.2) is 0 Å². The molecule has 4 aromatic carbocycles. The Morgan fingerprint density at radius 3 is 2.23 bits per heavy atom. The molecule has 0 bridgehead atoms. The Kier molecular flexibility index (Phi) is 13.5. The Hall–Kier alpha value is -2.71. The Morgan fingerprint density at radius 2 is 1.57 bits per heavy atom. The molecule has 0 saturated heterocycles. The molecule has 224 valence electrons. The molecule has 0 aliphatic carbocycles. The molecule has 1 aliphatic heterocycles. The molecule has 44 heavy (non-hydrogen) atoms. The summed E-state index contributed by atoms with van der Waals surface area (Å²) in [5.41, 5.74) is 5.77. The van der Waals surface area contributed by atoms with E-state index in [1.54, 1.807) is 42.5 Å². The number of nitrogens with one attached hydrogen (secondary N) is 1. The predicted molar refractivity (Wildman–Crippen MR) is 169 cm³/mol. The molecule has 0 spiro atoms. The van der Waals surface area contributed by atoms with E-state index >= 15 is 0 Å². The van der Waals surface area contributed by atoms with Gasteiger partial charge < -0.3 is 24.7 Å². The zero-order valence-electron chi connectivity index (χ0n) is 25.0. The number of hydrogen-bond acceptors (Lipinski definition) is 5. The molecule has 0 fully saturated rings. The third-order valence-corrected chi connectivity index (χ3v) is 8.03. The van der Waals surface area contributed by atoms with Crippen molar-refractivity contribution in [3.8, 4) is 17.2 Å². The van der Waals surface area contributed by atoms with E-state index in [-0.39, 0.29) is 47.1 Å². The fraction of sp³-hybridized carbons (Fsp3) is 0.235. The van der Waals surface area contributed by atoms with E-state index in [0.717, 1.165) is 12.0 Å². The summed E-state index contributed by atoms with van der Waals surface area (Å²) < 4.78 is 11.5. The van der Waals surface area contributed by atoms with Crippen molar-refractivity contribution < 1.29 is 53.7 Å². The van der Waals surface area contributed by atoms with E-state index in [1.807, 2.05) is 19.1 Å². The van der Waals surface area contributed by atoms with Crippen molar-refractivity contribution in [1.29, 1.82) is 0 Å². The fourth-order valence-corrected chi connectivity index (χ4v) is 5.16. The number of aliphatic carboxylic acids is 1. The van der Waals surface area contributed by atoms with Gasteiger partial charge in [-0.1, -0.05) is 64.6 Å². The standard InChI is InChI=1S/C27H26ClNO5.C7H6Cl2.Na/c1-16-3-4-17(2)19(13-16)9-11-29-26(30)18-5-7-20(8-6-18)34-25-15-24-22(14-23(25)28)21(27(31)32)10-12-33-24;1-5-2-3-6(8)7(9)4-5;/h3-8,13-15,21H,9-12H2,1-2H3,(H,29,30)(H,31,32);2-4H,1H3;/q;;+1/p-1. The number of carboxylic acid groups (broad SMARTS) is 1. The molecule has 1 unspecified atom stereocenters. The van der Waals surface area contributed by atoms with Crippen LogP contribution < -0.4 is 49.5 Å². The van der Waals surface area contributed by atoms with Gasteiger partial charge in [-0.2, -0.15) is 0 Å². The van der Waals surface area contributed by atoms with Gasteiger partial charge in [0.25, 0.3) is 5.91 Å².